The number of fused-ring (bicyclic) bond motifs is 1. The lowest BCUT2D eigenvalue weighted by Crippen LogP contribution is -2.19. The van der Waals surface area contributed by atoms with E-state index in [1.54, 1.807) is 18.9 Å². The van der Waals surface area contributed by atoms with Gasteiger partial charge in [0.15, 0.2) is 5.16 Å². The van der Waals surface area contributed by atoms with Crippen molar-refractivity contribution in [3.63, 3.8) is 0 Å². The summed E-state index contributed by atoms with van der Waals surface area (Å²) in [5.41, 5.74) is 1.91. The fourth-order valence-corrected chi connectivity index (χ4v) is 3.62. The summed E-state index contributed by atoms with van der Waals surface area (Å²) in [6.45, 7) is 2.18. The molecule has 24 heavy (non-hydrogen) atoms. The van der Waals surface area contributed by atoms with E-state index in [2.05, 4.69) is 24.8 Å². The van der Waals surface area contributed by atoms with E-state index in [4.69, 9.17) is 4.74 Å². The van der Waals surface area contributed by atoms with Crippen LogP contribution in [0.1, 0.15) is 18.7 Å². The van der Waals surface area contributed by atoms with Gasteiger partial charge in [-0.05, 0) is 31.0 Å². The lowest BCUT2D eigenvalue weighted by Gasteiger charge is -2.16. The minimum Gasteiger partial charge on any atom is -0.497 e. The monoisotopic (exact) mass is 341 g/mol. The van der Waals surface area contributed by atoms with Crippen LogP contribution in [0, 0.1) is 0 Å². The molecule has 1 aliphatic heterocycles. The number of benzene rings is 1. The van der Waals surface area contributed by atoms with Crippen LogP contribution in [-0.2, 0) is 5.75 Å². The van der Waals surface area contributed by atoms with Crippen LogP contribution in [0.15, 0.2) is 35.6 Å². The Kier molecular flexibility index (Phi) is 4.25. The van der Waals surface area contributed by atoms with Gasteiger partial charge in [0.1, 0.15) is 17.4 Å². The van der Waals surface area contributed by atoms with Gasteiger partial charge in [0, 0.05) is 25.4 Å². The van der Waals surface area contributed by atoms with Crippen molar-refractivity contribution >= 4 is 28.6 Å². The second-order valence-corrected chi connectivity index (χ2v) is 6.70. The third-order valence-corrected chi connectivity index (χ3v) is 5.00. The van der Waals surface area contributed by atoms with E-state index in [0.29, 0.717) is 5.75 Å². The standard InChI is InChI=1S/C17H19N5OS/c1-23-12-4-5-13-14(10-12)20-17(19-13)24-11-15-18-7-6-16(21-15)22-8-2-3-9-22/h4-7,10H,2-3,8-9,11H2,1H3,(H,19,20). The highest BCUT2D eigenvalue weighted by molar-refractivity contribution is 7.98. The predicted molar refractivity (Wildman–Crippen MR) is 95.7 cm³/mol. The predicted octanol–water partition coefficient (Wildman–Crippen LogP) is 3.25. The average Bonchev–Trinajstić information content (AvgIpc) is 3.29. The van der Waals surface area contributed by atoms with Crippen LogP contribution in [-0.4, -0.2) is 40.1 Å². The Labute approximate surface area is 144 Å². The zero-order valence-corrected chi connectivity index (χ0v) is 14.3. The van der Waals surface area contributed by atoms with Crippen LogP contribution in [0.5, 0.6) is 5.75 Å². The molecule has 3 aromatic rings. The van der Waals surface area contributed by atoms with Crippen molar-refractivity contribution in [3.8, 4) is 5.75 Å². The molecular weight excluding hydrogens is 322 g/mol. The maximum absolute atomic E-state index is 5.24. The second-order valence-electron chi connectivity index (χ2n) is 5.74. The molecule has 124 valence electrons. The second kappa shape index (κ2) is 6.68. The smallest absolute Gasteiger partial charge is 0.166 e. The molecule has 0 amide bonds. The van der Waals surface area contributed by atoms with Crippen LogP contribution in [0.25, 0.3) is 11.0 Å². The third kappa shape index (κ3) is 3.17. The number of aromatic amines is 1. The average molecular weight is 341 g/mol. The van der Waals surface area contributed by atoms with E-state index >= 15 is 0 Å². The number of H-pyrrole nitrogens is 1. The van der Waals surface area contributed by atoms with Gasteiger partial charge in [0.2, 0.25) is 0 Å². The molecule has 0 spiro atoms. The SMILES string of the molecule is COc1ccc2nc(SCc3nccc(N4CCCC4)n3)[nH]c2c1. The summed E-state index contributed by atoms with van der Waals surface area (Å²) >= 11 is 1.61. The molecule has 4 rings (SSSR count). The molecule has 0 atom stereocenters. The van der Waals surface area contributed by atoms with Gasteiger partial charge in [-0.1, -0.05) is 11.8 Å². The number of ether oxygens (including phenoxy) is 1. The molecule has 3 heterocycles. The molecule has 1 fully saturated rings. The van der Waals surface area contributed by atoms with Gasteiger partial charge in [-0.2, -0.15) is 0 Å². The van der Waals surface area contributed by atoms with Gasteiger partial charge < -0.3 is 14.6 Å². The molecule has 7 heteroatoms. The van der Waals surface area contributed by atoms with Crippen molar-refractivity contribution in [3.05, 3.63) is 36.3 Å². The first-order chi connectivity index (χ1) is 11.8. The molecule has 0 saturated carbocycles. The molecule has 0 aliphatic carbocycles. The lowest BCUT2D eigenvalue weighted by molar-refractivity contribution is 0.415. The summed E-state index contributed by atoms with van der Waals surface area (Å²) < 4.78 is 5.24. The Bertz CT molecular complexity index is 844. The zero-order chi connectivity index (χ0) is 16.4. The van der Waals surface area contributed by atoms with E-state index in [1.165, 1.54) is 12.8 Å². The van der Waals surface area contributed by atoms with Crippen molar-refractivity contribution in [2.45, 2.75) is 23.8 Å². The summed E-state index contributed by atoms with van der Waals surface area (Å²) in [5, 5.41) is 0.869. The minimum absolute atomic E-state index is 0.693. The summed E-state index contributed by atoms with van der Waals surface area (Å²) in [5.74, 6) is 3.39. The number of hydrogen-bond donors (Lipinski definition) is 1. The van der Waals surface area contributed by atoms with Crippen LogP contribution in [0.3, 0.4) is 0 Å². The summed E-state index contributed by atoms with van der Waals surface area (Å²) in [4.78, 5) is 19.3. The van der Waals surface area contributed by atoms with Gasteiger partial charge in [-0.15, -0.1) is 0 Å². The number of anilines is 1. The van der Waals surface area contributed by atoms with Crippen molar-refractivity contribution in [1.29, 1.82) is 0 Å². The highest BCUT2D eigenvalue weighted by atomic mass is 32.2. The fraction of sp³-hybridized carbons (Fsp3) is 0.353. The number of nitrogens with zero attached hydrogens (tertiary/aromatic N) is 4. The van der Waals surface area contributed by atoms with Gasteiger partial charge in [-0.3, -0.25) is 0 Å². The molecule has 1 N–H and O–H groups in total. The van der Waals surface area contributed by atoms with E-state index in [-0.39, 0.29) is 0 Å². The Morgan fingerprint density at radius 1 is 1.21 bits per heavy atom. The molecule has 1 saturated heterocycles. The normalized spacial score (nSPS) is 14.5. The van der Waals surface area contributed by atoms with Crippen molar-refractivity contribution in [2.75, 3.05) is 25.1 Å². The molecule has 2 aromatic heterocycles. The number of imidazole rings is 1. The fourth-order valence-electron chi connectivity index (χ4n) is 2.87. The molecule has 0 bridgehead atoms. The molecular formula is C17H19N5OS. The maximum Gasteiger partial charge on any atom is 0.166 e. The number of hydrogen-bond acceptors (Lipinski definition) is 6. The van der Waals surface area contributed by atoms with Crippen molar-refractivity contribution in [2.24, 2.45) is 0 Å². The summed E-state index contributed by atoms with van der Waals surface area (Å²) in [6, 6.07) is 7.82. The molecule has 6 nitrogen and oxygen atoms in total. The van der Waals surface area contributed by atoms with E-state index in [1.807, 2.05) is 30.5 Å². The third-order valence-electron chi connectivity index (χ3n) is 4.13. The van der Waals surface area contributed by atoms with Crippen LogP contribution in [0.2, 0.25) is 0 Å². The molecule has 1 aromatic carbocycles. The van der Waals surface area contributed by atoms with Crippen molar-refractivity contribution < 1.29 is 4.74 Å². The number of thioether (sulfide) groups is 1. The Morgan fingerprint density at radius 2 is 2.08 bits per heavy atom. The van der Waals surface area contributed by atoms with Crippen LogP contribution < -0.4 is 9.64 Å². The Morgan fingerprint density at radius 3 is 2.92 bits per heavy atom. The minimum atomic E-state index is 0.693. The maximum atomic E-state index is 5.24. The Balaban J connectivity index is 1.47. The molecule has 0 unspecified atom stereocenters. The zero-order valence-electron chi connectivity index (χ0n) is 13.5. The lowest BCUT2D eigenvalue weighted by atomic mass is 10.3. The molecule has 1 aliphatic rings. The van der Waals surface area contributed by atoms with Gasteiger partial charge in [-0.25, -0.2) is 15.0 Å². The number of aromatic nitrogens is 4. The van der Waals surface area contributed by atoms with Crippen molar-refractivity contribution in [1.82, 2.24) is 19.9 Å². The number of methoxy groups -OCH3 is 1. The highest BCUT2D eigenvalue weighted by Gasteiger charge is 2.14. The first-order valence-electron chi connectivity index (χ1n) is 8.05. The van der Waals surface area contributed by atoms with Gasteiger partial charge >= 0.3 is 0 Å². The van der Waals surface area contributed by atoms with Crippen LogP contribution in [0.4, 0.5) is 5.82 Å². The summed E-state index contributed by atoms with van der Waals surface area (Å²) in [6.07, 6.45) is 4.34. The van der Waals surface area contributed by atoms with E-state index < -0.39 is 0 Å². The quantitative estimate of drug-likeness (QED) is 0.719. The van der Waals surface area contributed by atoms with Crippen LogP contribution >= 0.6 is 11.8 Å². The highest BCUT2D eigenvalue weighted by Crippen LogP contribution is 2.25. The van der Waals surface area contributed by atoms with E-state index in [9.17, 15) is 0 Å². The Hall–Kier alpha value is -2.28. The van der Waals surface area contributed by atoms with Gasteiger partial charge in [0.25, 0.3) is 0 Å². The van der Waals surface area contributed by atoms with E-state index in [0.717, 1.165) is 46.7 Å². The topological polar surface area (TPSA) is 66.9 Å². The molecule has 0 radical (unpaired) electrons. The number of rotatable bonds is 5. The van der Waals surface area contributed by atoms with Gasteiger partial charge in [0.05, 0.1) is 23.9 Å². The first-order valence-corrected chi connectivity index (χ1v) is 9.04. The largest absolute Gasteiger partial charge is 0.497 e. The summed E-state index contributed by atoms with van der Waals surface area (Å²) in [7, 11) is 1.66. The first kappa shape index (κ1) is 15.3. The number of nitrogens with one attached hydrogen (secondary N) is 1.